The summed E-state index contributed by atoms with van der Waals surface area (Å²) in [4.78, 5) is 11.5. The van der Waals surface area contributed by atoms with Crippen LogP contribution >= 0.6 is 0 Å². The molecule has 4 heteroatoms. The molecule has 3 aromatic rings. The third kappa shape index (κ3) is 3.67. The Kier molecular flexibility index (Phi) is 6.67. The molecule has 1 aliphatic rings. The first-order valence-corrected chi connectivity index (χ1v) is 9.72. The molecule has 4 rings (SSSR count). The smallest absolute Gasteiger partial charge is 0.335 e. The Morgan fingerprint density at radius 2 is 1.82 bits per heavy atom. The van der Waals surface area contributed by atoms with Crippen LogP contribution in [0.1, 0.15) is 59.5 Å². The summed E-state index contributed by atoms with van der Waals surface area (Å²) in [7, 11) is 0. The molecule has 0 unspecified atom stereocenters. The summed E-state index contributed by atoms with van der Waals surface area (Å²) in [6.07, 6.45) is 6.17. The van der Waals surface area contributed by atoms with Crippen molar-refractivity contribution in [1.29, 1.82) is 0 Å². The first-order valence-electron chi connectivity index (χ1n) is 9.72. The fraction of sp³-hybridized carbons (Fsp3) is 0.292. The van der Waals surface area contributed by atoms with Gasteiger partial charge in [-0.05, 0) is 42.1 Å². The predicted octanol–water partition coefficient (Wildman–Crippen LogP) is 6.07. The number of carboxylic acid groups (broad SMARTS) is 1. The molecule has 1 fully saturated rings. The van der Waals surface area contributed by atoms with E-state index in [0.29, 0.717) is 18.0 Å². The standard InChI is InChI=1S/C24H25NO2.Y/c1-3-25-21-15-18(24(26)27)13-14-20(21)22(17-10-5-4-6-11-17)23(25)19-12-8-7-9-16(19)2;/h7-9,12-15,17H,1-6,10-11H2,(H,26,27);/q-2;. The molecular weight excluding hydrogens is 423 g/mol. The zero-order valence-corrected chi connectivity index (χ0v) is 19.0. The number of benzene rings is 2. The second-order valence-electron chi connectivity index (χ2n) is 7.44. The average molecular weight is 448 g/mol. The van der Waals surface area contributed by atoms with Gasteiger partial charge in [-0.15, -0.1) is 24.2 Å². The van der Waals surface area contributed by atoms with E-state index in [1.54, 1.807) is 12.1 Å². The van der Waals surface area contributed by atoms with Gasteiger partial charge in [-0.3, -0.25) is 0 Å². The first-order chi connectivity index (χ1) is 13.1. The van der Waals surface area contributed by atoms with Gasteiger partial charge < -0.3 is 16.6 Å². The van der Waals surface area contributed by atoms with Crippen molar-refractivity contribution >= 4 is 16.9 Å². The number of hydrogen-bond donors (Lipinski definition) is 1. The molecule has 0 atom stereocenters. The molecule has 143 valence electrons. The molecule has 1 heterocycles. The zero-order chi connectivity index (χ0) is 19.0. The molecule has 1 radical (unpaired) electrons. The van der Waals surface area contributed by atoms with Crippen molar-refractivity contribution in [3.8, 4) is 11.3 Å². The Hall–Kier alpha value is -1.58. The Morgan fingerprint density at radius 3 is 2.46 bits per heavy atom. The fourth-order valence-electron chi connectivity index (χ4n) is 4.59. The molecule has 3 nitrogen and oxygen atoms in total. The summed E-state index contributed by atoms with van der Waals surface area (Å²) < 4.78 is 2.18. The monoisotopic (exact) mass is 448 g/mol. The average Bonchev–Trinajstić information content (AvgIpc) is 3.02. The molecule has 1 N–H and O–H groups in total. The van der Waals surface area contributed by atoms with Gasteiger partial charge in [0, 0.05) is 43.6 Å². The summed E-state index contributed by atoms with van der Waals surface area (Å²) in [5.41, 5.74) is 5.91. The Morgan fingerprint density at radius 1 is 1.11 bits per heavy atom. The maximum absolute atomic E-state index is 11.5. The third-order valence-electron chi connectivity index (χ3n) is 5.86. The Balaban J connectivity index is 0.00000225. The van der Waals surface area contributed by atoms with Gasteiger partial charge in [0.2, 0.25) is 0 Å². The molecule has 2 aromatic carbocycles. The third-order valence-corrected chi connectivity index (χ3v) is 5.86. The van der Waals surface area contributed by atoms with Gasteiger partial charge in [0.25, 0.3) is 0 Å². The number of hydrogen-bond acceptors (Lipinski definition) is 1. The van der Waals surface area contributed by atoms with Crippen LogP contribution in [0.25, 0.3) is 22.2 Å². The van der Waals surface area contributed by atoms with Crippen molar-refractivity contribution in [2.75, 3.05) is 0 Å². The van der Waals surface area contributed by atoms with Gasteiger partial charge in [0.15, 0.2) is 0 Å². The minimum absolute atomic E-state index is 0. The van der Waals surface area contributed by atoms with Gasteiger partial charge in [-0.1, -0.05) is 31.4 Å². The van der Waals surface area contributed by atoms with Gasteiger partial charge >= 0.3 is 5.97 Å². The van der Waals surface area contributed by atoms with Gasteiger partial charge in [-0.2, -0.15) is 18.6 Å². The van der Waals surface area contributed by atoms with Crippen LogP contribution in [0.15, 0.2) is 42.5 Å². The number of aromatic nitrogens is 1. The van der Waals surface area contributed by atoms with E-state index in [9.17, 15) is 9.90 Å². The number of nitrogens with zero attached hydrogens (tertiary/aromatic N) is 1. The van der Waals surface area contributed by atoms with Crippen LogP contribution in [0.2, 0.25) is 0 Å². The molecular formula is C24H25NO2Y-2. The second-order valence-corrected chi connectivity index (χ2v) is 7.44. The van der Waals surface area contributed by atoms with Crippen LogP contribution in [0.4, 0.5) is 0 Å². The molecule has 0 amide bonds. The normalized spacial score (nSPS) is 14.8. The van der Waals surface area contributed by atoms with E-state index < -0.39 is 5.97 Å². The largest absolute Gasteiger partial charge is 0.478 e. The Labute approximate surface area is 192 Å². The van der Waals surface area contributed by atoms with Crippen LogP contribution in [-0.4, -0.2) is 15.6 Å². The summed E-state index contributed by atoms with van der Waals surface area (Å²) in [6.45, 7) is 8.95. The van der Waals surface area contributed by atoms with Gasteiger partial charge in [0.1, 0.15) is 0 Å². The molecule has 28 heavy (non-hydrogen) atoms. The molecule has 1 aromatic heterocycles. The number of aromatic carboxylic acids is 1. The fourth-order valence-corrected chi connectivity index (χ4v) is 4.59. The van der Waals surface area contributed by atoms with Crippen molar-refractivity contribution in [2.24, 2.45) is 0 Å². The van der Waals surface area contributed by atoms with Crippen molar-refractivity contribution in [2.45, 2.75) is 44.6 Å². The van der Waals surface area contributed by atoms with Crippen LogP contribution in [-0.2, 0) is 39.3 Å². The van der Waals surface area contributed by atoms with E-state index in [2.05, 4.69) is 24.5 Å². The number of fused-ring (bicyclic) bond motifs is 1. The second kappa shape index (κ2) is 8.84. The molecule has 1 saturated carbocycles. The van der Waals surface area contributed by atoms with E-state index in [1.807, 2.05) is 24.3 Å². The predicted molar refractivity (Wildman–Crippen MR) is 110 cm³/mol. The summed E-state index contributed by atoms with van der Waals surface area (Å²) in [5, 5.41) is 10.6. The van der Waals surface area contributed by atoms with Crippen molar-refractivity contribution < 1.29 is 42.6 Å². The Bertz CT molecular complexity index is 999. The maximum atomic E-state index is 11.5. The SMILES string of the molecule is [CH2-]Cn1c(-c2ccccc2[CH2-])c(C2CCCCC2)c2ccc(C(=O)O)cc21.[Y]. The van der Waals surface area contributed by atoms with Crippen molar-refractivity contribution in [3.63, 3.8) is 0 Å². The maximum Gasteiger partial charge on any atom is 0.335 e. The van der Waals surface area contributed by atoms with Crippen LogP contribution < -0.4 is 0 Å². The summed E-state index contributed by atoms with van der Waals surface area (Å²) in [6, 6.07) is 13.7. The first kappa shape index (κ1) is 21.1. The molecule has 0 aliphatic heterocycles. The number of carbonyl (C=O) groups is 1. The van der Waals surface area contributed by atoms with E-state index >= 15 is 0 Å². The zero-order valence-electron chi connectivity index (χ0n) is 16.2. The minimum atomic E-state index is -0.896. The van der Waals surface area contributed by atoms with E-state index in [1.165, 1.54) is 43.4 Å². The molecule has 0 bridgehead atoms. The van der Waals surface area contributed by atoms with E-state index in [0.717, 1.165) is 22.0 Å². The topological polar surface area (TPSA) is 42.2 Å². The summed E-state index contributed by atoms with van der Waals surface area (Å²) >= 11 is 0. The summed E-state index contributed by atoms with van der Waals surface area (Å²) in [5.74, 6) is -0.397. The quantitative estimate of drug-likeness (QED) is 0.493. The van der Waals surface area contributed by atoms with E-state index in [-0.39, 0.29) is 32.7 Å². The van der Waals surface area contributed by atoms with Gasteiger partial charge in [0.05, 0.1) is 5.56 Å². The number of carboxylic acids is 1. The van der Waals surface area contributed by atoms with Crippen molar-refractivity contribution in [3.05, 3.63) is 73.0 Å². The molecule has 1 aliphatic carbocycles. The number of rotatable bonds is 4. The molecule has 0 spiro atoms. The van der Waals surface area contributed by atoms with Crippen LogP contribution in [0.5, 0.6) is 0 Å². The van der Waals surface area contributed by atoms with Crippen LogP contribution in [0, 0.1) is 13.8 Å². The van der Waals surface area contributed by atoms with Crippen molar-refractivity contribution in [1.82, 2.24) is 4.57 Å². The molecule has 0 saturated heterocycles. The minimum Gasteiger partial charge on any atom is -0.478 e. The van der Waals surface area contributed by atoms with E-state index in [4.69, 9.17) is 0 Å². The van der Waals surface area contributed by atoms with Gasteiger partial charge in [-0.25, -0.2) is 4.79 Å². The van der Waals surface area contributed by atoms with Crippen LogP contribution in [0.3, 0.4) is 0 Å².